The summed E-state index contributed by atoms with van der Waals surface area (Å²) in [5.74, 6) is 3.67. The van der Waals surface area contributed by atoms with Crippen LogP contribution in [0.5, 0.6) is 11.5 Å². The van der Waals surface area contributed by atoms with Crippen molar-refractivity contribution in [1.82, 2.24) is 14.3 Å². The highest BCUT2D eigenvalue weighted by atomic mass is 35.5. The number of sulfonamides is 1. The molecule has 5 rings (SSSR count). The van der Waals surface area contributed by atoms with E-state index in [1.165, 1.54) is 6.33 Å². The van der Waals surface area contributed by atoms with Crippen molar-refractivity contribution in [3.63, 3.8) is 0 Å². The molecule has 2 heterocycles. The molecule has 0 spiro atoms. The van der Waals surface area contributed by atoms with Crippen LogP contribution in [0.15, 0.2) is 60.9 Å². The largest absolute Gasteiger partial charge is 0.457 e. The van der Waals surface area contributed by atoms with Gasteiger partial charge in [0.15, 0.2) is 0 Å². The molecular weight excluding hydrogens is 486 g/mol. The molecule has 3 aromatic rings. The lowest BCUT2D eigenvalue weighted by molar-refractivity contribution is 0.0774. The Balaban J connectivity index is 1.20. The van der Waals surface area contributed by atoms with Crippen LogP contribution in [0.25, 0.3) is 11.1 Å². The fourth-order valence-corrected chi connectivity index (χ4v) is 6.56. The number of nitrogens with zero attached hydrogens (tertiary/aromatic N) is 3. The minimum Gasteiger partial charge on any atom is -0.457 e. The zero-order valence-corrected chi connectivity index (χ0v) is 20.8. The molecule has 0 unspecified atom stereocenters. The van der Waals surface area contributed by atoms with Crippen LogP contribution >= 0.6 is 11.6 Å². The number of hydrogen-bond acceptors (Lipinski definition) is 7. The summed E-state index contributed by atoms with van der Waals surface area (Å²) in [5, 5.41) is 3.52. The Kier molecular flexibility index (Phi) is 6.82. The predicted molar refractivity (Wildman–Crippen MR) is 138 cm³/mol. The van der Waals surface area contributed by atoms with Crippen molar-refractivity contribution in [1.29, 1.82) is 0 Å². The molecule has 0 bridgehead atoms. The van der Waals surface area contributed by atoms with Crippen LogP contribution in [-0.4, -0.2) is 53.5 Å². The number of para-hydroxylation sites is 1. The minimum atomic E-state index is -3.20. The van der Waals surface area contributed by atoms with Gasteiger partial charge < -0.3 is 15.8 Å². The van der Waals surface area contributed by atoms with Gasteiger partial charge in [-0.1, -0.05) is 30.3 Å². The molecule has 1 aliphatic heterocycles. The number of halogens is 1. The molecule has 2 fully saturated rings. The van der Waals surface area contributed by atoms with E-state index < -0.39 is 10.0 Å². The first-order valence-electron chi connectivity index (χ1n) is 11.7. The van der Waals surface area contributed by atoms with E-state index in [1.807, 2.05) is 54.6 Å². The van der Waals surface area contributed by atoms with Crippen LogP contribution in [0, 0.1) is 11.8 Å². The van der Waals surface area contributed by atoms with Crippen molar-refractivity contribution in [3.05, 3.63) is 60.9 Å². The second-order valence-corrected chi connectivity index (χ2v) is 11.5. The van der Waals surface area contributed by atoms with Crippen LogP contribution in [0.2, 0.25) is 0 Å². The van der Waals surface area contributed by atoms with Gasteiger partial charge in [-0.15, -0.1) is 11.6 Å². The number of anilines is 2. The number of hydrogen-bond donors (Lipinski definition) is 2. The average molecular weight is 514 g/mol. The van der Waals surface area contributed by atoms with Gasteiger partial charge in [-0.3, -0.25) is 0 Å². The zero-order chi connectivity index (χ0) is 24.4. The summed E-state index contributed by atoms with van der Waals surface area (Å²) in [6.45, 7) is 1.19. The quantitative estimate of drug-likeness (QED) is 0.412. The van der Waals surface area contributed by atoms with Crippen LogP contribution in [0.4, 0.5) is 11.6 Å². The highest BCUT2D eigenvalue weighted by Gasteiger charge is 2.44. The third-order valence-electron chi connectivity index (χ3n) is 6.79. The van der Waals surface area contributed by atoms with E-state index in [2.05, 4.69) is 15.3 Å². The topological polar surface area (TPSA) is 110 Å². The summed E-state index contributed by atoms with van der Waals surface area (Å²) in [6.07, 6.45) is 3.41. The molecule has 184 valence electrons. The van der Waals surface area contributed by atoms with Gasteiger partial charge in [0.1, 0.15) is 29.5 Å². The Labute approximate surface area is 210 Å². The third kappa shape index (κ3) is 5.22. The minimum absolute atomic E-state index is 0.00733. The van der Waals surface area contributed by atoms with E-state index in [0.29, 0.717) is 36.6 Å². The van der Waals surface area contributed by atoms with Crippen molar-refractivity contribution in [2.45, 2.75) is 18.9 Å². The van der Waals surface area contributed by atoms with Crippen molar-refractivity contribution in [2.24, 2.45) is 11.8 Å². The SMILES string of the molecule is Nc1ncnc(NC2CC(C3CN(S(=O)(=O)CCCl)C3)C2)c1-c1ccc(Oc2ccccc2)cc1. The number of rotatable bonds is 9. The highest BCUT2D eigenvalue weighted by Crippen LogP contribution is 2.42. The number of alkyl halides is 1. The highest BCUT2D eigenvalue weighted by molar-refractivity contribution is 7.89. The lowest BCUT2D eigenvalue weighted by Gasteiger charge is -2.48. The van der Waals surface area contributed by atoms with Gasteiger partial charge in [0.05, 0.1) is 11.3 Å². The summed E-state index contributed by atoms with van der Waals surface area (Å²) in [7, 11) is -3.20. The van der Waals surface area contributed by atoms with Gasteiger partial charge in [0.25, 0.3) is 0 Å². The molecule has 10 heteroatoms. The monoisotopic (exact) mass is 513 g/mol. The van der Waals surface area contributed by atoms with Crippen LogP contribution in [-0.2, 0) is 10.0 Å². The van der Waals surface area contributed by atoms with Crippen LogP contribution in [0.1, 0.15) is 12.8 Å². The van der Waals surface area contributed by atoms with Crippen molar-refractivity contribution < 1.29 is 13.2 Å². The zero-order valence-electron chi connectivity index (χ0n) is 19.2. The Hall–Kier alpha value is -2.88. The van der Waals surface area contributed by atoms with Crippen molar-refractivity contribution in [3.8, 4) is 22.6 Å². The molecule has 1 aliphatic carbocycles. The summed E-state index contributed by atoms with van der Waals surface area (Å²) in [4.78, 5) is 8.66. The summed E-state index contributed by atoms with van der Waals surface area (Å²) in [5.41, 5.74) is 7.91. The van der Waals surface area contributed by atoms with Gasteiger partial charge >= 0.3 is 0 Å². The fourth-order valence-electron chi connectivity index (χ4n) is 4.69. The van der Waals surface area contributed by atoms with Gasteiger partial charge in [-0.2, -0.15) is 0 Å². The first-order chi connectivity index (χ1) is 16.9. The standard InChI is InChI=1S/C25H28ClN5O3S/c26-10-11-35(32,33)31-14-19(15-31)18-12-20(13-18)30-25-23(24(27)28-16-29-25)17-6-8-22(9-7-17)34-21-4-2-1-3-5-21/h1-9,16,18-20H,10-15H2,(H3,27,28,29,30). The maximum atomic E-state index is 12.1. The average Bonchev–Trinajstić information content (AvgIpc) is 2.78. The lowest BCUT2D eigenvalue weighted by atomic mass is 9.70. The number of ether oxygens (including phenoxy) is 1. The maximum absolute atomic E-state index is 12.1. The number of nitrogens with one attached hydrogen (secondary N) is 1. The fraction of sp³-hybridized carbons (Fsp3) is 0.360. The van der Waals surface area contributed by atoms with E-state index in [4.69, 9.17) is 22.1 Å². The Morgan fingerprint density at radius 1 is 1.00 bits per heavy atom. The second kappa shape index (κ2) is 10.0. The molecule has 0 atom stereocenters. The summed E-state index contributed by atoms with van der Waals surface area (Å²) < 4.78 is 31.6. The Bertz CT molecular complexity index is 1260. The number of benzene rings is 2. The molecule has 1 aromatic heterocycles. The van der Waals surface area contributed by atoms with E-state index >= 15 is 0 Å². The number of nitrogen functional groups attached to an aromatic ring is 1. The molecule has 2 aliphatic rings. The molecule has 8 nitrogen and oxygen atoms in total. The molecule has 3 N–H and O–H groups in total. The smallest absolute Gasteiger partial charge is 0.215 e. The normalized spacial score (nSPS) is 20.6. The first kappa shape index (κ1) is 23.8. The third-order valence-corrected chi connectivity index (χ3v) is 9.00. The van der Waals surface area contributed by atoms with E-state index in [-0.39, 0.29) is 17.7 Å². The molecule has 2 aromatic carbocycles. The van der Waals surface area contributed by atoms with Gasteiger partial charge in [-0.25, -0.2) is 22.7 Å². The second-order valence-electron chi connectivity index (χ2n) is 9.08. The van der Waals surface area contributed by atoms with Crippen molar-refractivity contribution in [2.75, 3.05) is 35.8 Å². The molecule has 0 amide bonds. The Morgan fingerprint density at radius 3 is 2.37 bits per heavy atom. The van der Waals surface area contributed by atoms with Crippen molar-refractivity contribution >= 4 is 33.3 Å². The van der Waals surface area contributed by atoms with Crippen LogP contribution in [0.3, 0.4) is 0 Å². The molecular formula is C25H28ClN5O3S. The van der Waals surface area contributed by atoms with E-state index in [0.717, 1.165) is 35.5 Å². The number of aromatic nitrogens is 2. The van der Waals surface area contributed by atoms with Gasteiger partial charge in [-0.05, 0) is 54.5 Å². The van der Waals surface area contributed by atoms with Gasteiger partial charge in [0.2, 0.25) is 10.0 Å². The lowest BCUT2D eigenvalue weighted by Crippen LogP contribution is -2.56. The number of nitrogens with two attached hydrogens (primary N) is 1. The summed E-state index contributed by atoms with van der Waals surface area (Å²) in [6, 6.07) is 17.6. The summed E-state index contributed by atoms with van der Waals surface area (Å²) >= 11 is 5.61. The van der Waals surface area contributed by atoms with Crippen LogP contribution < -0.4 is 15.8 Å². The Morgan fingerprint density at radius 2 is 1.69 bits per heavy atom. The van der Waals surface area contributed by atoms with E-state index in [1.54, 1.807) is 4.31 Å². The molecule has 35 heavy (non-hydrogen) atoms. The maximum Gasteiger partial charge on any atom is 0.215 e. The predicted octanol–water partition coefficient (Wildman–Crippen LogP) is 4.21. The van der Waals surface area contributed by atoms with Gasteiger partial charge in [0, 0.05) is 25.0 Å². The molecule has 1 saturated heterocycles. The molecule has 1 saturated carbocycles. The first-order valence-corrected chi connectivity index (χ1v) is 13.8. The molecule has 0 radical (unpaired) electrons. The van der Waals surface area contributed by atoms with E-state index in [9.17, 15) is 8.42 Å².